The van der Waals surface area contributed by atoms with Crippen molar-refractivity contribution in [2.45, 2.75) is 120 Å². The van der Waals surface area contributed by atoms with Gasteiger partial charge in [0, 0.05) is 27.2 Å². The molecule has 10 heteroatoms. The van der Waals surface area contributed by atoms with Crippen molar-refractivity contribution in [3.05, 3.63) is 0 Å². The molecule has 1 aliphatic rings. The second-order valence-corrected chi connectivity index (χ2v) is 9.94. The van der Waals surface area contributed by atoms with E-state index in [0.29, 0.717) is 6.42 Å². The zero-order valence-corrected chi connectivity index (χ0v) is 22.9. The monoisotopic (exact) mass is 598 g/mol. The summed E-state index contributed by atoms with van der Waals surface area (Å²) in [4.78, 5) is 47.1. The molecular formula is C24H39IO9. The van der Waals surface area contributed by atoms with Crippen molar-refractivity contribution >= 4 is 46.5 Å². The van der Waals surface area contributed by atoms with Gasteiger partial charge in [-0.3, -0.25) is 19.2 Å². The lowest BCUT2D eigenvalue weighted by Crippen LogP contribution is -2.60. The van der Waals surface area contributed by atoms with Crippen molar-refractivity contribution in [3.8, 4) is 0 Å². The summed E-state index contributed by atoms with van der Waals surface area (Å²) >= 11 is 1.95. The topological polar surface area (TPSA) is 114 Å². The smallest absolute Gasteiger partial charge is 0.308 e. The lowest BCUT2D eigenvalue weighted by atomic mass is 10.0. The van der Waals surface area contributed by atoms with E-state index in [1.165, 1.54) is 59.3 Å². The number of alkyl halides is 1. The minimum Gasteiger partial charge on any atom is -0.463 e. The van der Waals surface area contributed by atoms with Crippen LogP contribution in [0.4, 0.5) is 0 Å². The summed E-state index contributed by atoms with van der Waals surface area (Å²) in [6.45, 7) is 5.63. The number of hydrogen-bond acceptors (Lipinski definition) is 9. The predicted molar refractivity (Wildman–Crippen MR) is 132 cm³/mol. The standard InChI is InChI=1S/C24H39IO9/c1-5-6-7-8-9-10-11-12-13-14-20(29)34-24-21(25)23(32-18(4)28)22(31-17(3)27)19(33-24)15-30-16(2)26/h19,21-24H,5-15H2,1-4H3/t19-,21-,22+,23-,24-/m1/s1. The lowest BCUT2D eigenvalue weighted by Gasteiger charge is -2.42. The van der Waals surface area contributed by atoms with Crippen molar-refractivity contribution < 1.29 is 42.9 Å². The minimum absolute atomic E-state index is 0.249. The molecule has 9 nitrogen and oxygen atoms in total. The maximum atomic E-state index is 12.4. The Morgan fingerprint density at radius 1 is 0.735 bits per heavy atom. The van der Waals surface area contributed by atoms with E-state index < -0.39 is 52.4 Å². The molecule has 0 aromatic carbocycles. The second-order valence-electron chi connectivity index (χ2n) is 8.51. The van der Waals surface area contributed by atoms with Gasteiger partial charge in [0.05, 0.1) is 0 Å². The number of hydrogen-bond donors (Lipinski definition) is 0. The first-order valence-corrected chi connectivity index (χ1v) is 13.4. The molecule has 1 fully saturated rings. The molecule has 0 aromatic rings. The van der Waals surface area contributed by atoms with Crippen molar-refractivity contribution in [3.63, 3.8) is 0 Å². The maximum absolute atomic E-state index is 12.4. The highest BCUT2D eigenvalue weighted by atomic mass is 127. The van der Waals surface area contributed by atoms with E-state index in [2.05, 4.69) is 6.92 Å². The van der Waals surface area contributed by atoms with Crippen LogP contribution in [0.3, 0.4) is 0 Å². The fourth-order valence-electron chi connectivity index (χ4n) is 3.73. The number of carbonyl (C=O) groups is 4. The van der Waals surface area contributed by atoms with Crippen LogP contribution in [0.1, 0.15) is 91.9 Å². The number of carbonyl (C=O) groups excluding carboxylic acids is 4. The Kier molecular flexibility index (Phi) is 15.4. The molecule has 0 N–H and O–H groups in total. The SMILES string of the molecule is CCCCCCCCCCCC(=O)O[C@H]1O[C@H](COC(C)=O)[C@H](OC(C)=O)[C@H](OC(C)=O)[C@H]1I. The van der Waals surface area contributed by atoms with E-state index in [0.717, 1.165) is 12.8 Å². The van der Waals surface area contributed by atoms with Crippen LogP contribution < -0.4 is 0 Å². The van der Waals surface area contributed by atoms with Crippen LogP contribution in [-0.4, -0.2) is 59.0 Å². The molecule has 0 radical (unpaired) electrons. The molecule has 1 aliphatic heterocycles. The molecule has 0 spiro atoms. The first-order valence-electron chi connectivity index (χ1n) is 12.1. The molecule has 1 saturated heterocycles. The highest BCUT2D eigenvalue weighted by Gasteiger charge is 2.50. The molecular weight excluding hydrogens is 559 g/mol. The molecule has 0 bridgehead atoms. The summed E-state index contributed by atoms with van der Waals surface area (Å²) < 4.78 is 26.5. The van der Waals surface area contributed by atoms with Gasteiger partial charge in [-0.25, -0.2) is 0 Å². The fraction of sp³-hybridized carbons (Fsp3) is 0.833. The summed E-state index contributed by atoms with van der Waals surface area (Å²) in [6, 6.07) is 0. The van der Waals surface area contributed by atoms with Crippen molar-refractivity contribution in [2.24, 2.45) is 0 Å². The number of halogens is 1. The maximum Gasteiger partial charge on any atom is 0.308 e. The van der Waals surface area contributed by atoms with Crippen LogP contribution in [0.25, 0.3) is 0 Å². The number of esters is 4. The Hall–Kier alpha value is -1.43. The summed E-state index contributed by atoms with van der Waals surface area (Å²) in [5, 5.41) is 0. The molecule has 5 atom stereocenters. The predicted octanol–water partition coefficient (Wildman–Crippen LogP) is 4.41. The molecule has 0 saturated carbocycles. The van der Waals surface area contributed by atoms with Crippen LogP contribution in [0.5, 0.6) is 0 Å². The summed E-state index contributed by atoms with van der Waals surface area (Å²) in [7, 11) is 0. The van der Waals surface area contributed by atoms with Gasteiger partial charge in [-0.15, -0.1) is 0 Å². The number of ether oxygens (including phenoxy) is 5. The Morgan fingerprint density at radius 2 is 1.26 bits per heavy atom. The van der Waals surface area contributed by atoms with Gasteiger partial charge < -0.3 is 23.7 Å². The van der Waals surface area contributed by atoms with Crippen LogP contribution >= 0.6 is 22.6 Å². The number of rotatable bonds is 15. The van der Waals surface area contributed by atoms with E-state index in [1.807, 2.05) is 22.6 Å². The first kappa shape index (κ1) is 30.6. The van der Waals surface area contributed by atoms with Gasteiger partial charge in [-0.1, -0.05) is 80.9 Å². The Morgan fingerprint density at radius 3 is 1.79 bits per heavy atom. The van der Waals surface area contributed by atoms with Gasteiger partial charge in [0.1, 0.15) is 16.6 Å². The summed E-state index contributed by atoms with van der Waals surface area (Å²) in [5.41, 5.74) is 0. The van der Waals surface area contributed by atoms with Crippen LogP contribution in [0.2, 0.25) is 0 Å². The second kappa shape index (κ2) is 17.1. The van der Waals surface area contributed by atoms with E-state index in [9.17, 15) is 19.2 Å². The van der Waals surface area contributed by atoms with Gasteiger partial charge in [-0.2, -0.15) is 0 Å². The third kappa shape index (κ3) is 12.3. The van der Waals surface area contributed by atoms with Gasteiger partial charge in [0.25, 0.3) is 0 Å². The highest BCUT2D eigenvalue weighted by molar-refractivity contribution is 14.1. The molecule has 196 valence electrons. The Bertz CT molecular complexity index is 654. The normalized spacial score (nSPS) is 24.2. The summed E-state index contributed by atoms with van der Waals surface area (Å²) in [5.74, 6) is -2.17. The van der Waals surface area contributed by atoms with E-state index in [-0.39, 0.29) is 13.0 Å². The molecule has 1 heterocycles. The van der Waals surface area contributed by atoms with Gasteiger partial charge >= 0.3 is 23.9 Å². The Balaban J connectivity index is 2.64. The lowest BCUT2D eigenvalue weighted by molar-refractivity contribution is -0.255. The molecule has 0 unspecified atom stereocenters. The average Bonchev–Trinajstić information content (AvgIpc) is 2.75. The highest BCUT2D eigenvalue weighted by Crippen LogP contribution is 2.32. The van der Waals surface area contributed by atoms with Crippen molar-refractivity contribution in [1.82, 2.24) is 0 Å². The van der Waals surface area contributed by atoms with Crippen molar-refractivity contribution in [2.75, 3.05) is 6.61 Å². The van der Waals surface area contributed by atoms with E-state index in [1.54, 1.807) is 0 Å². The largest absolute Gasteiger partial charge is 0.463 e. The van der Waals surface area contributed by atoms with E-state index in [4.69, 9.17) is 23.7 Å². The van der Waals surface area contributed by atoms with Gasteiger partial charge in [0.2, 0.25) is 6.29 Å². The molecule has 0 amide bonds. The molecule has 0 aromatic heterocycles. The van der Waals surface area contributed by atoms with Gasteiger partial charge in [0.15, 0.2) is 12.2 Å². The average molecular weight is 598 g/mol. The fourth-order valence-corrected chi connectivity index (χ4v) is 4.60. The zero-order chi connectivity index (χ0) is 25.5. The molecule has 0 aliphatic carbocycles. The molecule has 34 heavy (non-hydrogen) atoms. The minimum atomic E-state index is -1.05. The zero-order valence-electron chi connectivity index (χ0n) is 20.7. The van der Waals surface area contributed by atoms with Crippen LogP contribution in [0.15, 0.2) is 0 Å². The number of unbranched alkanes of at least 4 members (excludes halogenated alkanes) is 8. The van der Waals surface area contributed by atoms with Gasteiger partial charge in [-0.05, 0) is 6.42 Å². The summed E-state index contributed by atoms with van der Waals surface area (Å²) in [6.07, 6.45) is 6.47. The first-order chi connectivity index (χ1) is 16.1. The Labute approximate surface area is 216 Å². The van der Waals surface area contributed by atoms with Crippen molar-refractivity contribution in [1.29, 1.82) is 0 Å². The quantitative estimate of drug-likeness (QED) is 0.0890. The van der Waals surface area contributed by atoms with Crippen LogP contribution in [0, 0.1) is 0 Å². The third-order valence-corrected chi connectivity index (χ3v) is 6.66. The van der Waals surface area contributed by atoms with Crippen LogP contribution in [-0.2, 0) is 42.9 Å². The van der Waals surface area contributed by atoms with E-state index >= 15 is 0 Å². The third-order valence-electron chi connectivity index (χ3n) is 5.36. The molecule has 1 rings (SSSR count).